The molecule has 0 heterocycles. The van der Waals surface area contributed by atoms with Crippen LogP contribution >= 0.6 is 0 Å². The number of halogens is 1. The molecule has 0 aliphatic carbocycles. The zero-order valence-electron chi connectivity index (χ0n) is 17.1. The molecule has 0 aliphatic rings. The van der Waals surface area contributed by atoms with Crippen molar-refractivity contribution < 1.29 is 28.2 Å². The molecule has 8 heteroatoms. The number of carbonyl (C=O) groups excluding carboxylic acids is 3. The first-order valence-electron chi connectivity index (χ1n) is 9.56. The Balaban J connectivity index is 1.93. The van der Waals surface area contributed by atoms with E-state index in [1.54, 1.807) is 44.2 Å². The molecule has 0 spiro atoms. The van der Waals surface area contributed by atoms with E-state index in [0.29, 0.717) is 17.9 Å². The molecule has 0 radical (unpaired) electrons. The number of benzene rings is 2. The number of ether oxygens (including phenoxy) is 2. The van der Waals surface area contributed by atoms with Gasteiger partial charge >= 0.3 is 5.97 Å². The van der Waals surface area contributed by atoms with Crippen LogP contribution in [0.1, 0.15) is 31.1 Å². The Morgan fingerprint density at radius 2 is 1.70 bits per heavy atom. The molecule has 0 saturated heterocycles. The van der Waals surface area contributed by atoms with E-state index in [1.165, 1.54) is 18.2 Å². The van der Waals surface area contributed by atoms with Gasteiger partial charge in [0.05, 0.1) is 12.3 Å². The summed E-state index contributed by atoms with van der Waals surface area (Å²) in [6.45, 7) is 5.25. The zero-order chi connectivity index (χ0) is 22.1. The Morgan fingerprint density at radius 3 is 2.30 bits per heavy atom. The monoisotopic (exact) mass is 416 g/mol. The van der Waals surface area contributed by atoms with Crippen LogP contribution in [0.25, 0.3) is 0 Å². The number of nitrogens with one attached hydrogen (secondary N) is 2. The predicted molar refractivity (Wildman–Crippen MR) is 110 cm³/mol. The van der Waals surface area contributed by atoms with Gasteiger partial charge in [-0.05, 0) is 49.2 Å². The average Bonchev–Trinajstić information content (AvgIpc) is 2.72. The second kappa shape index (κ2) is 10.9. The van der Waals surface area contributed by atoms with E-state index in [2.05, 4.69) is 10.6 Å². The highest BCUT2D eigenvalue weighted by atomic mass is 19.1. The SMILES string of the molecule is CCOc1ccc(C(=O)N[C@H](C(=O)OCC(=O)Nc2ccccc2F)C(C)C)cc1. The number of anilines is 1. The van der Waals surface area contributed by atoms with Gasteiger partial charge in [0.15, 0.2) is 6.61 Å². The summed E-state index contributed by atoms with van der Waals surface area (Å²) in [6, 6.07) is 11.2. The van der Waals surface area contributed by atoms with E-state index in [4.69, 9.17) is 9.47 Å². The Labute approximate surface area is 174 Å². The molecule has 160 valence electrons. The van der Waals surface area contributed by atoms with Crippen molar-refractivity contribution in [2.24, 2.45) is 5.92 Å². The third kappa shape index (κ3) is 6.58. The van der Waals surface area contributed by atoms with Crippen LogP contribution in [-0.2, 0) is 14.3 Å². The summed E-state index contributed by atoms with van der Waals surface area (Å²) in [6.07, 6.45) is 0. The molecule has 2 rings (SSSR count). The second-order valence-electron chi connectivity index (χ2n) is 6.79. The van der Waals surface area contributed by atoms with Crippen LogP contribution in [0.3, 0.4) is 0 Å². The van der Waals surface area contributed by atoms with Crippen LogP contribution in [0.4, 0.5) is 10.1 Å². The minimum absolute atomic E-state index is 0.0113. The van der Waals surface area contributed by atoms with Crippen LogP contribution in [0, 0.1) is 11.7 Å². The average molecular weight is 416 g/mol. The third-order valence-electron chi connectivity index (χ3n) is 4.13. The van der Waals surface area contributed by atoms with Crippen LogP contribution in [0.2, 0.25) is 0 Å². The van der Waals surface area contributed by atoms with Crippen molar-refractivity contribution >= 4 is 23.5 Å². The van der Waals surface area contributed by atoms with E-state index in [-0.39, 0.29) is 11.6 Å². The van der Waals surface area contributed by atoms with E-state index in [1.807, 2.05) is 6.92 Å². The van der Waals surface area contributed by atoms with Crippen molar-refractivity contribution in [2.75, 3.05) is 18.5 Å². The molecule has 2 N–H and O–H groups in total. The van der Waals surface area contributed by atoms with Crippen molar-refractivity contribution in [1.82, 2.24) is 5.32 Å². The number of hydrogen-bond donors (Lipinski definition) is 2. The minimum atomic E-state index is -0.953. The maximum Gasteiger partial charge on any atom is 0.329 e. The molecule has 0 aliphatic heterocycles. The maximum atomic E-state index is 13.6. The van der Waals surface area contributed by atoms with Gasteiger partial charge in [-0.3, -0.25) is 9.59 Å². The fraction of sp³-hybridized carbons (Fsp3) is 0.318. The van der Waals surface area contributed by atoms with Crippen LogP contribution in [0.5, 0.6) is 5.75 Å². The topological polar surface area (TPSA) is 93.7 Å². The lowest BCUT2D eigenvalue weighted by Gasteiger charge is -2.21. The molecule has 0 aromatic heterocycles. The molecular formula is C22H25FN2O5. The third-order valence-corrected chi connectivity index (χ3v) is 4.13. The summed E-state index contributed by atoms with van der Waals surface area (Å²) >= 11 is 0. The fourth-order valence-corrected chi connectivity index (χ4v) is 2.57. The summed E-state index contributed by atoms with van der Waals surface area (Å²) in [5.74, 6) is -2.14. The van der Waals surface area contributed by atoms with Gasteiger partial charge in [-0.15, -0.1) is 0 Å². The first kappa shape index (κ1) is 22.9. The van der Waals surface area contributed by atoms with Gasteiger partial charge in [-0.1, -0.05) is 26.0 Å². The quantitative estimate of drug-likeness (QED) is 0.613. The largest absolute Gasteiger partial charge is 0.494 e. The number of amides is 2. The first-order chi connectivity index (χ1) is 14.3. The standard InChI is InChI=1S/C22H25FN2O5/c1-4-29-16-11-9-15(10-12-16)21(27)25-20(14(2)3)22(28)30-13-19(26)24-18-8-6-5-7-17(18)23/h5-12,14,20H,4,13H2,1-3H3,(H,24,26)(H,25,27)/t20-/m0/s1. The maximum absolute atomic E-state index is 13.6. The number of esters is 1. The zero-order valence-corrected chi connectivity index (χ0v) is 17.1. The molecule has 0 fully saturated rings. The fourth-order valence-electron chi connectivity index (χ4n) is 2.57. The highest BCUT2D eigenvalue weighted by molar-refractivity contribution is 5.97. The summed E-state index contributed by atoms with van der Waals surface area (Å²) in [5, 5.41) is 4.95. The van der Waals surface area contributed by atoms with Crippen LogP contribution in [-0.4, -0.2) is 37.0 Å². The summed E-state index contributed by atoms with van der Waals surface area (Å²) in [4.78, 5) is 36.8. The molecule has 7 nitrogen and oxygen atoms in total. The van der Waals surface area contributed by atoms with Crippen molar-refractivity contribution in [3.05, 3.63) is 59.9 Å². The normalized spacial score (nSPS) is 11.5. The molecule has 30 heavy (non-hydrogen) atoms. The number of rotatable bonds is 9. The molecule has 2 aromatic rings. The van der Waals surface area contributed by atoms with E-state index in [0.717, 1.165) is 0 Å². The smallest absolute Gasteiger partial charge is 0.329 e. The molecule has 0 saturated carbocycles. The Hall–Kier alpha value is -3.42. The van der Waals surface area contributed by atoms with Crippen molar-refractivity contribution in [3.63, 3.8) is 0 Å². The Bertz CT molecular complexity index is 883. The van der Waals surface area contributed by atoms with Gasteiger partial charge in [-0.2, -0.15) is 0 Å². The van der Waals surface area contributed by atoms with Crippen molar-refractivity contribution in [2.45, 2.75) is 26.8 Å². The van der Waals surface area contributed by atoms with Crippen LogP contribution < -0.4 is 15.4 Å². The highest BCUT2D eigenvalue weighted by Gasteiger charge is 2.27. The summed E-state index contributed by atoms with van der Waals surface area (Å²) in [5.41, 5.74) is 0.344. The van der Waals surface area contributed by atoms with E-state index >= 15 is 0 Å². The lowest BCUT2D eigenvalue weighted by molar-refractivity contribution is -0.150. The summed E-state index contributed by atoms with van der Waals surface area (Å²) in [7, 11) is 0. The lowest BCUT2D eigenvalue weighted by atomic mass is 10.0. The van der Waals surface area contributed by atoms with Crippen molar-refractivity contribution in [3.8, 4) is 5.75 Å². The molecular weight excluding hydrogens is 391 g/mol. The second-order valence-corrected chi connectivity index (χ2v) is 6.79. The molecule has 0 bridgehead atoms. The first-order valence-corrected chi connectivity index (χ1v) is 9.56. The van der Waals surface area contributed by atoms with Gasteiger partial charge in [-0.25, -0.2) is 9.18 Å². The number of para-hydroxylation sites is 1. The lowest BCUT2D eigenvalue weighted by Crippen LogP contribution is -2.45. The van der Waals surface area contributed by atoms with Gasteiger partial charge in [0.1, 0.15) is 17.6 Å². The van der Waals surface area contributed by atoms with Gasteiger partial charge in [0.25, 0.3) is 11.8 Å². The van der Waals surface area contributed by atoms with E-state index in [9.17, 15) is 18.8 Å². The van der Waals surface area contributed by atoms with Gasteiger partial charge in [0.2, 0.25) is 0 Å². The van der Waals surface area contributed by atoms with E-state index < -0.39 is 36.2 Å². The number of hydrogen-bond acceptors (Lipinski definition) is 5. The predicted octanol–water partition coefficient (Wildman–Crippen LogP) is 3.16. The number of carbonyl (C=O) groups is 3. The Morgan fingerprint density at radius 1 is 1.03 bits per heavy atom. The molecule has 2 amide bonds. The molecule has 0 unspecified atom stereocenters. The van der Waals surface area contributed by atoms with Crippen LogP contribution in [0.15, 0.2) is 48.5 Å². The minimum Gasteiger partial charge on any atom is -0.494 e. The van der Waals surface area contributed by atoms with Gasteiger partial charge < -0.3 is 20.1 Å². The molecule has 1 atom stereocenters. The van der Waals surface area contributed by atoms with Gasteiger partial charge in [0, 0.05) is 5.56 Å². The summed E-state index contributed by atoms with van der Waals surface area (Å²) < 4.78 is 23.9. The van der Waals surface area contributed by atoms with Crippen molar-refractivity contribution in [1.29, 1.82) is 0 Å². The molecule has 2 aromatic carbocycles. The highest BCUT2D eigenvalue weighted by Crippen LogP contribution is 2.14. The Kier molecular flexibility index (Phi) is 8.34.